The predicted octanol–water partition coefficient (Wildman–Crippen LogP) is 1.32. The highest BCUT2D eigenvalue weighted by Gasteiger charge is 2.14. The molecule has 78 valence electrons. The molecule has 0 spiro atoms. The van der Waals surface area contributed by atoms with Crippen molar-refractivity contribution in [3.63, 3.8) is 0 Å². The number of aromatic amines is 1. The Kier molecular flexibility index (Phi) is 2.29. The molecule has 0 fully saturated rings. The van der Waals surface area contributed by atoms with Crippen LogP contribution in [0.25, 0.3) is 11.3 Å². The molecule has 0 unspecified atom stereocenters. The summed E-state index contributed by atoms with van der Waals surface area (Å²) in [7, 11) is -4.26. The van der Waals surface area contributed by atoms with Crippen molar-refractivity contribution in [1.82, 2.24) is 9.97 Å². The van der Waals surface area contributed by atoms with E-state index < -0.39 is 15.3 Å². The van der Waals surface area contributed by atoms with Crippen molar-refractivity contribution in [2.45, 2.75) is 5.16 Å². The summed E-state index contributed by atoms with van der Waals surface area (Å²) < 4.78 is 30.2. The fourth-order valence-corrected chi connectivity index (χ4v) is 1.62. The standard InChI is InChI=1S/C9H8N2O3S/c12-15(13,14)9-10-6-8(11-9)7-4-2-1-3-5-7/h1-6H,(H,10,11)(H,12,13,14). The Bertz CT molecular complexity index is 560. The van der Waals surface area contributed by atoms with E-state index in [0.29, 0.717) is 5.69 Å². The van der Waals surface area contributed by atoms with Crippen LogP contribution < -0.4 is 0 Å². The van der Waals surface area contributed by atoms with Gasteiger partial charge >= 0.3 is 10.1 Å². The number of rotatable bonds is 2. The van der Waals surface area contributed by atoms with Crippen molar-refractivity contribution in [3.8, 4) is 11.3 Å². The molecule has 1 heterocycles. The molecule has 0 amide bonds. The zero-order valence-electron chi connectivity index (χ0n) is 7.58. The molecule has 2 rings (SSSR count). The van der Waals surface area contributed by atoms with E-state index >= 15 is 0 Å². The number of nitrogens with one attached hydrogen (secondary N) is 1. The van der Waals surface area contributed by atoms with Crippen LogP contribution in [0.4, 0.5) is 0 Å². The van der Waals surface area contributed by atoms with Gasteiger partial charge in [0.2, 0.25) is 0 Å². The van der Waals surface area contributed by atoms with Crippen molar-refractivity contribution in [2.24, 2.45) is 0 Å². The van der Waals surface area contributed by atoms with Crippen LogP contribution >= 0.6 is 0 Å². The molecular weight excluding hydrogens is 216 g/mol. The average molecular weight is 224 g/mol. The molecule has 1 aromatic heterocycles. The predicted molar refractivity (Wildman–Crippen MR) is 53.8 cm³/mol. The molecule has 2 N–H and O–H groups in total. The largest absolute Gasteiger partial charge is 0.328 e. The van der Waals surface area contributed by atoms with Crippen molar-refractivity contribution in [3.05, 3.63) is 36.5 Å². The smallest absolute Gasteiger partial charge is 0.327 e. The number of imidazole rings is 1. The molecule has 0 aliphatic heterocycles. The summed E-state index contributed by atoms with van der Waals surface area (Å²) in [6.07, 6.45) is 1.36. The van der Waals surface area contributed by atoms with Crippen LogP contribution in [0.3, 0.4) is 0 Å². The Morgan fingerprint density at radius 2 is 1.87 bits per heavy atom. The monoisotopic (exact) mass is 224 g/mol. The van der Waals surface area contributed by atoms with Crippen molar-refractivity contribution < 1.29 is 13.0 Å². The molecule has 2 aromatic rings. The molecule has 5 nitrogen and oxygen atoms in total. The fourth-order valence-electron chi connectivity index (χ4n) is 1.20. The van der Waals surface area contributed by atoms with Gasteiger partial charge in [0.1, 0.15) is 0 Å². The summed E-state index contributed by atoms with van der Waals surface area (Å²) in [5.74, 6) is 0. The summed E-state index contributed by atoms with van der Waals surface area (Å²) in [6, 6.07) is 9.11. The summed E-state index contributed by atoms with van der Waals surface area (Å²) in [5, 5.41) is -0.443. The number of aromatic nitrogens is 2. The first-order valence-corrected chi connectivity index (χ1v) is 5.59. The van der Waals surface area contributed by atoms with Gasteiger partial charge in [-0.1, -0.05) is 30.3 Å². The second-order valence-electron chi connectivity index (χ2n) is 2.94. The van der Waals surface area contributed by atoms with E-state index in [0.717, 1.165) is 5.56 Å². The molecule has 0 saturated heterocycles. The maximum absolute atomic E-state index is 10.7. The topological polar surface area (TPSA) is 83.1 Å². The molecule has 0 bridgehead atoms. The van der Waals surface area contributed by atoms with E-state index in [1.807, 2.05) is 18.2 Å². The zero-order valence-corrected chi connectivity index (χ0v) is 8.40. The second kappa shape index (κ2) is 3.48. The minimum atomic E-state index is -4.26. The lowest BCUT2D eigenvalue weighted by atomic mass is 10.2. The molecule has 0 atom stereocenters. The van der Waals surface area contributed by atoms with Gasteiger partial charge in [-0.3, -0.25) is 4.55 Å². The van der Waals surface area contributed by atoms with Gasteiger partial charge in [0, 0.05) is 0 Å². The van der Waals surface area contributed by atoms with Crippen LogP contribution in [0, 0.1) is 0 Å². The molecular formula is C9H8N2O3S. The Balaban J connectivity index is 2.46. The van der Waals surface area contributed by atoms with Gasteiger partial charge in [0.15, 0.2) is 0 Å². The van der Waals surface area contributed by atoms with Crippen molar-refractivity contribution >= 4 is 10.1 Å². The van der Waals surface area contributed by atoms with Gasteiger partial charge in [0.25, 0.3) is 5.16 Å². The average Bonchev–Trinajstić information content (AvgIpc) is 2.67. The lowest BCUT2D eigenvalue weighted by Gasteiger charge is -1.94. The van der Waals surface area contributed by atoms with Gasteiger partial charge in [0.05, 0.1) is 11.9 Å². The Morgan fingerprint density at radius 3 is 2.40 bits per heavy atom. The second-order valence-corrected chi connectivity index (χ2v) is 4.28. The Hall–Kier alpha value is -1.66. The Labute approximate surface area is 86.5 Å². The van der Waals surface area contributed by atoms with Gasteiger partial charge in [-0.2, -0.15) is 8.42 Å². The van der Waals surface area contributed by atoms with Gasteiger partial charge in [-0.05, 0) is 5.56 Å². The number of hydrogen-bond acceptors (Lipinski definition) is 3. The summed E-state index contributed by atoms with van der Waals surface area (Å²) in [6.45, 7) is 0. The maximum Gasteiger partial charge on any atom is 0.328 e. The van der Waals surface area contributed by atoms with Gasteiger partial charge in [-0.25, -0.2) is 4.98 Å². The highest BCUT2D eigenvalue weighted by Crippen LogP contribution is 2.17. The third-order valence-corrected chi connectivity index (χ3v) is 2.58. The molecule has 15 heavy (non-hydrogen) atoms. The molecule has 1 aromatic carbocycles. The highest BCUT2D eigenvalue weighted by molar-refractivity contribution is 7.85. The first-order valence-electron chi connectivity index (χ1n) is 4.15. The first-order chi connectivity index (χ1) is 7.07. The summed E-state index contributed by atoms with van der Waals surface area (Å²) in [4.78, 5) is 6.09. The maximum atomic E-state index is 10.7. The number of benzene rings is 1. The lowest BCUT2D eigenvalue weighted by Crippen LogP contribution is -1.99. The molecule has 0 aliphatic rings. The van der Waals surface area contributed by atoms with Crippen molar-refractivity contribution in [1.29, 1.82) is 0 Å². The van der Waals surface area contributed by atoms with E-state index in [1.165, 1.54) is 6.20 Å². The zero-order chi connectivity index (χ0) is 10.9. The van der Waals surface area contributed by atoms with E-state index in [9.17, 15) is 8.42 Å². The van der Waals surface area contributed by atoms with Crippen molar-refractivity contribution in [2.75, 3.05) is 0 Å². The third kappa shape index (κ3) is 2.05. The molecule has 0 saturated carbocycles. The SMILES string of the molecule is O=S(=O)(O)c1ncc(-c2ccccc2)[nH]1. The van der Waals surface area contributed by atoms with Crippen LogP contribution in [-0.2, 0) is 10.1 Å². The van der Waals surface area contributed by atoms with Crippen LogP contribution in [0.15, 0.2) is 41.7 Å². The van der Waals surface area contributed by atoms with Gasteiger partial charge < -0.3 is 4.98 Å². The minimum absolute atomic E-state index is 0.443. The van der Waals surface area contributed by atoms with E-state index in [1.54, 1.807) is 12.1 Å². The van der Waals surface area contributed by atoms with E-state index in [-0.39, 0.29) is 0 Å². The van der Waals surface area contributed by atoms with Crippen LogP contribution in [0.1, 0.15) is 0 Å². The third-order valence-electron chi connectivity index (χ3n) is 1.88. The van der Waals surface area contributed by atoms with E-state index in [2.05, 4.69) is 9.97 Å². The normalized spacial score (nSPS) is 11.5. The first kappa shape index (κ1) is 9.88. The van der Waals surface area contributed by atoms with Crippen LogP contribution in [0.2, 0.25) is 0 Å². The lowest BCUT2D eigenvalue weighted by molar-refractivity contribution is 0.475. The summed E-state index contributed by atoms with van der Waals surface area (Å²) >= 11 is 0. The number of nitrogens with zero attached hydrogens (tertiary/aromatic N) is 1. The number of hydrogen-bond donors (Lipinski definition) is 2. The molecule has 0 aliphatic carbocycles. The van der Waals surface area contributed by atoms with Crippen LogP contribution in [-0.4, -0.2) is 22.9 Å². The van der Waals surface area contributed by atoms with E-state index in [4.69, 9.17) is 4.55 Å². The molecule has 6 heteroatoms. The number of H-pyrrole nitrogens is 1. The molecule has 0 radical (unpaired) electrons. The Morgan fingerprint density at radius 1 is 1.20 bits per heavy atom. The summed E-state index contributed by atoms with van der Waals surface area (Å²) in [5.41, 5.74) is 1.35. The van der Waals surface area contributed by atoms with Gasteiger partial charge in [-0.15, -0.1) is 0 Å². The quantitative estimate of drug-likeness (QED) is 0.754. The fraction of sp³-hybridized carbons (Fsp3) is 0. The minimum Gasteiger partial charge on any atom is -0.327 e. The van der Waals surface area contributed by atoms with Crippen LogP contribution in [0.5, 0.6) is 0 Å². The highest BCUT2D eigenvalue weighted by atomic mass is 32.2.